The molecule has 1 aromatic carbocycles. The Hall–Kier alpha value is -3.23. The van der Waals surface area contributed by atoms with Crippen molar-refractivity contribution in [2.24, 2.45) is 0 Å². The minimum absolute atomic E-state index is 0.0405. The summed E-state index contributed by atoms with van der Waals surface area (Å²) < 4.78 is 68.4. The Balaban J connectivity index is 2.84. The number of nitrogens with zero attached hydrogens (tertiary/aromatic N) is 1. The fraction of sp³-hybridized carbons (Fsp3) is 0.158. The second kappa shape index (κ2) is 7.41. The zero-order chi connectivity index (χ0) is 21.5. The van der Waals surface area contributed by atoms with E-state index in [1.54, 1.807) is 6.92 Å². The molecular formula is C19H15F5N2O2. The molecule has 1 N–H and O–H groups in total. The first kappa shape index (κ1) is 21.1. The third-order valence-electron chi connectivity index (χ3n) is 4.06. The number of aromatic nitrogens is 2. The average Bonchev–Trinajstić information content (AvgIpc) is 2.92. The molecule has 2 rings (SSSR count). The van der Waals surface area contributed by atoms with Gasteiger partial charge in [-0.2, -0.15) is 0 Å². The van der Waals surface area contributed by atoms with Crippen molar-refractivity contribution in [2.75, 3.05) is 0 Å². The fourth-order valence-electron chi connectivity index (χ4n) is 2.70. The Labute approximate surface area is 156 Å². The van der Waals surface area contributed by atoms with Crippen molar-refractivity contribution in [1.29, 1.82) is 0 Å². The molecule has 0 amide bonds. The number of benzene rings is 1. The molecule has 0 aliphatic carbocycles. The van der Waals surface area contributed by atoms with Crippen LogP contribution in [0.3, 0.4) is 0 Å². The van der Waals surface area contributed by atoms with Crippen molar-refractivity contribution in [2.45, 2.75) is 20.8 Å². The fourth-order valence-corrected chi connectivity index (χ4v) is 2.70. The van der Waals surface area contributed by atoms with Gasteiger partial charge in [0.2, 0.25) is 11.6 Å². The maximum Gasteiger partial charge on any atom is 0.282 e. The minimum Gasteiger partial charge on any atom is -0.294 e. The van der Waals surface area contributed by atoms with E-state index in [1.807, 2.05) is 0 Å². The zero-order valence-corrected chi connectivity index (χ0v) is 15.1. The summed E-state index contributed by atoms with van der Waals surface area (Å²) in [6.45, 7) is 11.5. The van der Waals surface area contributed by atoms with Crippen molar-refractivity contribution >= 4 is 5.78 Å². The number of ketones is 1. The van der Waals surface area contributed by atoms with Gasteiger partial charge in [-0.25, -0.2) is 26.6 Å². The third-order valence-corrected chi connectivity index (χ3v) is 4.06. The van der Waals surface area contributed by atoms with Crippen LogP contribution in [0, 0.1) is 36.0 Å². The van der Waals surface area contributed by atoms with E-state index in [9.17, 15) is 31.5 Å². The molecule has 1 aromatic heterocycles. The molecule has 2 aromatic rings. The van der Waals surface area contributed by atoms with Gasteiger partial charge in [-0.15, -0.1) is 0 Å². The van der Waals surface area contributed by atoms with Crippen LogP contribution in [-0.4, -0.2) is 15.6 Å². The summed E-state index contributed by atoms with van der Waals surface area (Å²) >= 11 is 0. The predicted molar refractivity (Wildman–Crippen MR) is 93.0 cm³/mol. The van der Waals surface area contributed by atoms with E-state index in [2.05, 4.69) is 18.3 Å². The first-order chi connectivity index (χ1) is 12.9. The lowest BCUT2D eigenvalue weighted by molar-refractivity contribution is 0.103. The lowest BCUT2D eigenvalue weighted by Crippen LogP contribution is -2.24. The van der Waals surface area contributed by atoms with Crippen LogP contribution in [0.15, 0.2) is 40.7 Å². The van der Waals surface area contributed by atoms with E-state index in [0.29, 0.717) is 11.1 Å². The van der Waals surface area contributed by atoms with Crippen molar-refractivity contribution < 1.29 is 26.7 Å². The molecule has 148 valence electrons. The SMILES string of the molecule is C=C/C(C)=C(\C(=C)C)C(=O)c1c(C)[nH]n(-c2c(F)c(F)c(F)c(F)c2F)c1=O. The van der Waals surface area contributed by atoms with Gasteiger partial charge in [0.05, 0.1) is 0 Å². The summed E-state index contributed by atoms with van der Waals surface area (Å²) in [6, 6.07) is 0. The largest absolute Gasteiger partial charge is 0.294 e. The molecule has 0 aliphatic heterocycles. The van der Waals surface area contributed by atoms with Gasteiger partial charge in [-0.1, -0.05) is 19.2 Å². The Bertz CT molecular complexity index is 1090. The highest BCUT2D eigenvalue weighted by molar-refractivity contribution is 6.12. The van der Waals surface area contributed by atoms with E-state index in [1.165, 1.54) is 19.9 Å². The van der Waals surface area contributed by atoms with E-state index in [4.69, 9.17) is 0 Å². The summed E-state index contributed by atoms with van der Waals surface area (Å²) in [7, 11) is 0. The second-order valence-electron chi connectivity index (χ2n) is 6.04. The maximum absolute atomic E-state index is 14.1. The second-order valence-corrected chi connectivity index (χ2v) is 6.04. The Morgan fingerprint density at radius 2 is 1.46 bits per heavy atom. The molecule has 0 radical (unpaired) electrons. The normalized spacial score (nSPS) is 12.0. The third kappa shape index (κ3) is 3.12. The van der Waals surface area contributed by atoms with Gasteiger partial charge < -0.3 is 0 Å². The van der Waals surface area contributed by atoms with Crippen molar-refractivity contribution in [1.82, 2.24) is 9.78 Å². The summed E-state index contributed by atoms with van der Waals surface area (Å²) in [6.07, 6.45) is 1.35. The molecule has 28 heavy (non-hydrogen) atoms. The zero-order valence-electron chi connectivity index (χ0n) is 15.1. The van der Waals surface area contributed by atoms with E-state index in [0.717, 1.165) is 0 Å². The first-order valence-corrected chi connectivity index (χ1v) is 7.82. The van der Waals surface area contributed by atoms with Crippen molar-refractivity contribution in [3.8, 4) is 5.69 Å². The lowest BCUT2D eigenvalue weighted by atomic mass is 9.94. The van der Waals surface area contributed by atoms with Crippen LogP contribution < -0.4 is 5.56 Å². The Kier molecular flexibility index (Phi) is 5.58. The van der Waals surface area contributed by atoms with Crippen LogP contribution >= 0.6 is 0 Å². The molecule has 0 unspecified atom stereocenters. The van der Waals surface area contributed by atoms with Gasteiger partial charge in [0, 0.05) is 11.3 Å². The highest BCUT2D eigenvalue weighted by Gasteiger charge is 2.31. The molecule has 0 saturated carbocycles. The Morgan fingerprint density at radius 1 is 1.00 bits per heavy atom. The minimum atomic E-state index is -2.36. The smallest absolute Gasteiger partial charge is 0.282 e. The molecule has 9 heteroatoms. The van der Waals surface area contributed by atoms with Gasteiger partial charge in [0.15, 0.2) is 23.3 Å². The standard InChI is InChI=1S/C19H15F5N2O2/c1-6-8(4)10(7(2)3)18(27)11-9(5)25-26(19(11)28)17-15(23)13(21)12(20)14(22)16(17)24/h6,25H,1-2H2,3-5H3/b10-8+. The van der Waals surface area contributed by atoms with Crippen molar-refractivity contribution in [3.63, 3.8) is 0 Å². The van der Waals surface area contributed by atoms with Gasteiger partial charge in [0.25, 0.3) is 5.56 Å². The highest BCUT2D eigenvalue weighted by atomic mass is 19.2. The summed E-state index contributed by atoms with van der Waals surface area (Å²) in [4.78, 5) is 25.5. The molecule has 0 spiro atoms. The molecule has 0 saturated heterocycles. The number of rotatable bonds is 5. The topological polar surface area (TPSA) is 54.9 Å². The number of allylic oxidation sites excluding steroid dienone is 4. The molecule has 4 nitrogen and oxygen atoms in total. The quantitative estimate of drug-likeness (QED) is 0.202. The number of nitrogens with one attached hydrogen (secondary N) is 1. The van der Waals surface area contributed by atoms with Crippen LogP contribution in [0.25, 0.3) is 5.69 Å². The molecule has 0 aliphatic rings. The number of aryl methyl sites for hydroxylation is 1. The summed E-state index contributed by atoms with van der Waals surface area (Å²) in [5.41, 5.74) is -2.71. The van der Waals surface area contributed by atoms with Crippen LogP contribution in [0.1, 0.15) is 29.9 Å². The molecular weight excluding hydrogens is 383 g/mol. The van der Waals surface area contributed by atoms with Crippen LogP contribution in [0.4, 0.5) is 22.0 Å². The van der Waals surface area contributed by atoms with Gasteiger partial charge in [-0.05, 0) is 31.9 Å². The van der Waals surface area contributed by atoms with E-state index >= 15 is 0 Å². The number of hydrogen-bond donors (Lipinski definition) is 1. The van der Waals surface area contributed by atoms with Gasteiger partial charge in [0.1, 0.15) is 11.3 Å². The highest BCUT2D eigenvalue weighted by Crippen LogP contribution is 2.26. The first-order valence-electron chi connectivity index (χ1n) is 7.82. The van der Waals surface area contributed by atoms with Gasteiger partial charge in [-0.3, -0.25) is 14.7 Å². The number of aromatic amines is 1. The number of halogens is 5. The Morgan fingerprint density at radius 3 is 1.89 bits per heavy atom. The van der Waals surface area contributed by atoms with Crippen molar-refractivity contribution in [3.05, 3.63) is 86.7 Å². The molecule has 0 fully saturated rings. The predicted octanol–water partition coefficient (Wildman–Crippen LogP) is 4.43. The maximum atomic E-state index is 14.1. The van der Waals surface area contributed by atoms with Crippen LogP contribution in [-0.2, 0) is 0 Å². The van der Waals surface area contributed by atoms with Crippen LogP contribution in [0.2, 0.25) is 0 Å². The number of H-pyrrole nitrogens is 1. The molecule has 0 atom stereocenters. The number of Topliss-reactive ketones (excluding diaryl/α,β-unsaturated/α-hetero) is 1. The number of carbonyl (C=O) groups excluding carboxylic acids is 1. The number of carbonyl (C=O) groups is 1. The average molecular weight is 398 g/mol. The van der Waals surface area contributed by atoms with Gasteiger partial charge >= 0.3 is 0 Å². The summed E-state index contributed by atoms with van der Waals surface area (Å²) in [5, 5.41) is 2.19. The molecule has 0 bridgehead atoms. The van der Waals surface area contributed by atoms with E-state index in [-0.39, 0.29) is 15.9 Å². The molecule has 1 heterocycles. The monoisotopic (exact) mass is 398 g/mol. The summed E-state index contributed by atoms with van der Waals surface area (Å²) in [5.74, 6) is -12.0. The lowest BCUT2D eigenvalue weighted by Gasteiger charge is -2.08. The van der Waals surface area contributed by atoms with E-state index < -0.39 is 51.7 Å². The van der Waals surface area contributed by atoms with Crippen LogP contribution in [0.5, 0.6) is 0 Å². The number of hydrogen-bond acceptors (Lipinski definition) is 2.